The standard InChI is InChI=1S/C12H23NO3S/c1-17(14,15)12-4-2-3-11(9-12)16-10-5-7-13-8-6-10/h10-13H,2-9H2,1H3. The molecule has 2 atom stereocenters. The molecule has 1 aliphatic carbocycles. The first-order valence-electron chi connectivity index (χ1n) is 6.61. The van der Waals surface area contributed by atoms with Gasteiger partial charge in [-0.2, -0.15) is 0 Å². The largest absolute Gasteiger partial charge is 0.375 e. The number of sulfone groups is 1. The molecule has 0 aromatic heterocycles. The molecule has 0 aromatic carbocycles. The lowest BCUT2D eigenvalue weighted by Crippen LogP contribution is -2.38. The molecule has 4 nitrogen and oxygen atoms in total. The molecule has 2 unspecified atom stereocenters. The molecule has 5 heteroatoms. The van der Waals surface area contributed by atoms with Crippen LogP contribution in [0.1, 0.15) is 38.5 Å². The zero-order valence-electron chi connectivity index (χ0n) is 10.5. The summed E-state index contributed by atoms with van der Waals surface area (Å²) >= 11 is 0. The maximum atomic E-state index is 11.6. The zero-order chi connectivity index (χ0) is 12.3. The van der Waals surface area contributed by atoms with Gasteiger partial charge in [0, 0.05) is 6.26 Å². The Hall–Kier alpha value is -0.130. The molecule has 0 radical (unpaired) electrons. The summed E-state index contributed by atoms with van der Waals surface area (Å²) in [6, 6.07) is 0. The van der Waals surface area contributed by atoms with Crippen LogP contribution in [0.25, 0.3) is 0 Å². The van der Waals surface area contributed by atoms with E-state index in [4.69, 9.17) is 4.74 Å². The van der Waals surface area contributed by atoms with Gasteiger partial charge in [-0.1, -0.05) is 0 Å². The second-order valence-corrected chi connectivity index (χ2v) is 7.65. The normalized spacial score (nSPS) is 32.5. The van der Waals surface area contributed by atoms with Gasteiger partial charge >= 0.3 is 0 Å². The minimum absolute atomic E-state index is 0.159. The number of ether oxygens (including phenoxy) is 1. The van der Waals surface area contributed by atoms with Crippen molar-refractivity contribution >= 4 is 9.84 Å². The molecule has 2 rings (SSSR count). The highest BCUT2D eigenvalue weighted by molar-refractivity contribution is 7.91. The predicted octanol–water partition coefficient (Wildman–Crippen LogP) is 1.11. The SMILES string of the molecule is CS(=O)(=O)C1CCCC(OC2CCNCC2)C1. The van der Waals surface area contributed by atoms with Crippen LogP contribution < -0.4 is 5.32 Å². The summed E-state index contributed by atoms with van der Waals surface area (Å²) in [5, 5.41) is 3.13. The smallest absolute Gasteiger partial charge is 0.150 e. The fraction of sp³-hybridized carbons (Fsp3) is 1.00. The van der Waals surface area contributed by atoms with Crippen LogP contribution in [-0.2, 0) is 14.6 Å². The summed E-state index contributed by atoms with van der Waals surface area (Å²) in [7, 11) is -2.89. The molecule has 1 heterocycles. The lowest BCUT2D eigenvalue weighted by atomic mass is 9.96. The molecular formula is C12H23NO3S. The van der Waals surface area contributed by atoms with Crippen LogP contribution in [0, 0.1) is 0 Å². The molecule has 0 bridgehead atoms. The Labute approximate surface area is 104 Å². The first-order valence-corrected chi connectivity index (χ1v) is 8.56. The van der Waals surface area contributed by atoms with Gasteiger partial charge in [-0.3, -0.25) is 0 Å². The minimum atomic E-state index is -2.89. The average molecular weight is 261 g/mol. The van der Waals surface area contributed by atoms with Crippen LogP contribution in [0.3, 0.4) is 0 Å². The van der Waals surface area contributed by atoms with E-state index >= 15 is 0 Å². The Morgan fingerprint density at radius 3 is 2.41 bits per heavy atom. The fourth-order valence-electron chi connectivity index (χ4n) is 2.82. The third-order valence-electron chi connectivity index (χ3n) is 3.85. The predicted molar refractivity (Wildman–Crippen MR) is 67.9 cm³/mol. The summed E-state index contributed by atoms with van der Waals surface area (Å²) in [5.74, 6) is 0. The number of nitrogens with one attached hydrogen (secondary N) is 1. The topological polar surface area (TPSA) is 55.4 Å². The van der Waals surface area contributed by atoms with E-state index in [-0.39, 0.29) is 11.4 Å². The lowest BCUT2D eigenvalue weighted by molar-refractivity contribution is -0.0413. The van der Waals surface area contributed by atoms with Crippen molar-refractivity contribution < 1.29 is 13.2 Å². The van der Waals surface area contributed by atoms with E-state index in [1.54, 1.807) is 0 Å². The number of hydrogen-bond acceptors (Lipinski definition) is 4. The highest BCUT2D eigenvalue weighted by atomic mass is 32.2. The van der Waals surface area contributed by atoms with E-state index in [0.717, 1.165) is 45.2 Å². The van der Waals surface area contributed by atoms with Crippen LogP contribution in [0.5, 0.6) is 0 Å². The maximum absolute atomic E-state index is 11.6. The number of hydrogen-bond donors (Lipinski definition) is 1. The van der Waals surface area contributed by atoms with Crippen molar-refractivity contribution in [3.8, 4) is 0 Å². The third kappa shape index (κ3) is 3.93. The van der Waals surface area contributed by atoms with Gasteiger partial charge in [-0.15, -0.1) is 0 Å². The molecule has 100 valence electrons. The summed E-state index contributed by atoms with van der Waals surface area (Å²) < 4.78 is 29.2. The maximum Gasteiger partial charge on any atom is 0.150 e. The molecule has 2 fully saturated rings. The molecule has 17 heavy (non-hydrogen) atoms. The van der Waals surface area contributed by atoms with Crippen molar-refractivity contribution in [1.29, 1.82) is 0 Å². The van der Waals surface area contributed by atoms with Crippen molar-refractivity contribution in [1.82, 2.24) is 5.32 Å². The van der Waals surface area contributed by atoms with Crippen LogP contribution in [0.4, 0.5) is 0 Å². The fourth-order valence-corrected chi connectivity index (χ4v) is 3.98. The van der Waals surface area contributed by atoms with Crippen LogP contribution >= 0.6 is 0 Å². The van der Waals surface area contributed by atoms with Crippen molar-refractivity contribution in [2.24, 2.45) is 0 Å². The highest BCUT2D eigenvalue weighted by Crippen LogP contribution is 2.27. The van der Waals surface area contributed by atoms with Crippen LogP contribution in [0.15, 0.2) is 0 Å². The zero-order valence-corrected chi connectivity index (χ0v) is 11.3. The van der Waals surface area contributed by atoms with E-state index in [9.17, 15) is 8.42 Å². The molecule has 1 aliphatic heterocycles. The van der Waals surface area contributed by atoms with Gasteiger partial charge in [-0.25, -0.2) is 8.42 Å². The first-order chi connectivity index (χ1) is 8.05. The molecule has 1 saturated carbocycles. The molecule has 2 aliphatic rings. The molecule has 0 amide bonds. The highest BCUT2D eigenvalue weighted by Gasteiger charge is 2.30. The average Bonchev–Trinajstić information content (AvgIpc) is 2.29. The molecular weight excluding hydrogens is 238 g/mol. The van der Waals surface area contributed by atoms with Gasteiger partial charge in [0.25, 0.3) is 0 Å². The van der Waals surface area contributed by atoms with E-state index in [1.807, 2.05) is 0 Å². The molecule has 1 N–H and O–H groups in total. The van der Waals surface area contributed by atoms with Crippen molar-refractivity contribution in [3.63, 3.8) is 0 Å². The summed E-state index contributed by atoms with van der Waals surface area (Å²) in [5.41, 5.74) is 0. The van der Waals surface area contributed by atoms with E-state index < -0.39 is 9.84 Å². The lowest BCUT2D eigenvalue weighted by Gasteiger charge is -2.32. The Bertz CT molecular complexity index is 336. The summed E-state index contributed by atoms with van der Waals surface area (Å²) in [6.45, 7) is 2.04. The van der Waals surface area contributed by atoms with Gasteiger partial charge in [0.1, 0.15) is 9.84 Å². The Balaban J connectivity index is 1.84. The van der Waals surface area contributed by atoms with Crippen molar-refractivity contribution in [3.05, 3.63) is 0 Å². The monoisotopic (exact) mass is 261 g/mol. The molecule has 0 spiro atoms. The minimum Gasteiger partial charge on any atom is -0.375 e. The Kier molecular flexibility index (Phi) is 4.44. The Morgan fingerprint density at radius 2 is 1.76 bits per heavy atom. The molecule has 1 saturated heterocycles. The van der Waals surface area contributed by atoms with E-state index in [2.05, 4.69) is 5.32 Å². The van der Waals surface area contributed by atoms with Gasteiger partial charge in [0.05, 0.1) is 17.5 Å². The second-order valence-electron chi connectivity index (χ2n) is 5.33. The van der Waals surface area contributed by atoms with Crippen molar-refractivity contribution in [2.45, 2.75) is 56.0 Å². The van der Waals surface area contributed by atoms with E-state index in [1.165, 1.54) is 6.26 Å². The third-order valence-corrected chi connectivity index (χ3v) is 5.49. The quantitative estimate of drug-likeness (QED) is 0.827. The van der Waals surface area contributed by atoms with Gasteiger partial charge < -0.3 is 10.1 Å². The molecule has 0 aromatic rings. The van der Waals surface area contributed by atoms with E-state index in [0.29, 0.717) is 12.5 Å². The second kappa shape index (κ2) is 5.67. The van der Waals surface area contributed by atoms with Gasteiger partial charge in [0.2, 0.25) is 0 Å². The van der Waals surface area contributed by atoms with Crippen LogP contribution in [-0.4, -0.2) is 45.2 Å². The van der Waals surface area contributed by atoms with Crippen LogP contribution in [0.2, 0.25) is 0 Å². The number of piperidine rings is 1. The van der Waals surface area contributed by atoms with Crippen molar-refractivity contribution in [2.75, 3.05) is 19.3 Å². The number of rotatable bonds is 3. The van der Waals surface area contributed by atoms with Gasteiger partial charge in [-0.05, 0) is 51.6 Å². The van der Waals surface area contributed by atoms with Gasteiger partial charge in [0.15, 0.2) is 0 Å². The Morgan fingerprint density at radius 1 is 1.06 bits per heavy atom. The summed E-state index contributed by atoms with van der Waals surface area (Å²) in [4.78, 5) is 0. The summed E-state index contributed by atoms with van der Waals surface area (Å²) in [6.07, 6.45) is 7.47. The first kappa shape index (κ1) is 13.3.